The molecule has 3 heterocycles. The number of nitrogens with zero attached hydrogens (tertiary/aromatic N) is 7. The lowest BCUT2D eigenvalue weighted by Crippen LogP contribution is -2.14. The second-order valence-corrected chi connectivity index (χ2v) is 10.4. The summed E-state index contributed by atoms with van der Waals surface area (Å²) < 4.78 is 1.94. The van der Waals surface area contributed by atoms with Crippen molar-refractivity contribution >= 4 is 5.78 Å². The van der Waals surface area contributed by atoms with Crippen molar-refractivity contribution in [2.24, 2.45) is 11.8 Å². The molecule has 1 saturated carbocycles. The number of carbonyl (C=O) groups is 1. The summed E-state index contributed by atoms with van der Waals surface area (Å²) in [6.45, 7) is 5.17. The highest BCUT2D eigenvalue weighted by molar-refractivity contribution is 5.92. The number of aromatic nitrogens is 8. The lowest BCUT2D eigenvalue weighted by molar-refractivity contribution is 0.0939. The normalized spacial score (nSPS) is 14.4. The summed E-state index contributed by atoms with van der Waals surface area (Å²) in [4.78, 5) is 22.0. The third-order valence-electron chi connectivity index (χ3n) is 7.15. The number of rotatable bonds is 10. The van der Waals surface area contributed by atoms with Crippen molar-refractivity contribution in [3.8, 4) is 22.5 Å². The van der Waals surface area contributed by atoms with Gasteiger partial charge in [0.05, 0.1) is 0 Å². The number of aryl methyl sites for hydroxylation is 1. The molecule has 1 aromatic carbocycles. The Bertz CT molecular complexity index is 1300. The van der Waals surface area contributed by atoms with Crippen LogP contribution in [-0.4, -0.2) is 46.2 Å². The molecule has 192 valence electrons. The number of ketones is 1. The van der Waals surface area contributed by atoms with Gasteiger partial charge in [0.15, 0.2) is 0 Å². The number of benzene rings is 1. The molecule has 0 radical (unpaired) electrons. The molecule has 0 atom stereocenters. The van der Waals surface area contributed by atoms with Crippen molar-refractivity contribution < 1.29 is 4.79 Å². The van der Waals surface area contributed by atoms with Gasteiger partial charge in [-0.05, 0) is 46.2 Å². The second-order valence-electron chi connectivity index (χ2n) is 10.4. The summed E-state index contributed by atoms with van der Waals surface area (Å²) in [6, 6.07) is 10.3. The van der Waals surface area contributed by atoms with E-state index in [0.717, 1.165) is 53.9 Å². The zero-order valence-electron chi connectivity index (χ0n) is 21.6. The molecule has 9 nitrogen and oxygen atoms in total. The van der Waals surface area contributed by atoms with Crippen molar-refractivity contribution in [3.05, 3.63) is 59.9 Å². The molecule has 1 aliphatic rings. The van der Waals surface area contributed by atoms with Crippen LogP contribution in [0.4, 0.5) is 0 Å². The van der Waals surface area contributed by atoms with Crippen LogP contribution in [0.2, 0.25) is 0 Å². The Morgan fingerprint density at radius 3 is 2.62 bits per heavy atom. The molecule has 0 unspecified atom stereocenters. The first kappa shape index (κ1) is 24.9. The smallest absolute Gasteiger partial charge is 0.217 e. The second kappa shape index (κ2) is 11.5. The Morgan fingerprint density at radius 1 is 1.08 bits per heavy atom. The summed E-state index contributed by atoms with van der Waals surface area (Å²) in [5, 5.41) is 19.1. The van der Waals surface area contributed by atoms with E-state index in [4.69, 9.17) is 4.98 Å². The minimum atomic E-state index is 0.0819. The van der Waals surface area contributed by atoms with Gasteiger partial charge >= 0.3 is 0 Å². The quantitative estimate of drug-likeness (QED) is 0.295. The third kappa shape index (κ3) is 6.15. The van der Waals surface area contributed by atoms with E-state index in [9.17, 15) is 4.79 Å². The van der Waals surface area contributed by atoms with E-state index in [1.165, 1.54) is 19.3 Å². The average molecular weight is 499 g/mol. The molecule has 9 heteroatoms. The van der Waals surface area contributed by atoms with E-state index in [2.05, 4.69) is 68.8 Å². The van der Waals surface area contributed by atoms with Gasteiger partial charge in [-0.2, -0.15) is 5.21 Å². The minimum Gasteiger partial charge on any atom is -0.291 e. The SMILES string of the molecule is CC(C)CCn1nc(C(=O)CC2CCCCC2)nc1Cc1ccc(-c2ccncc2-c2nn[nH]n2)cc1. The summed E-state index contributed by atoms with van der Waals surface area (Å²) in [5.74, 6) is 2.84. The van der Waals surface area contributed by atoms with E-state index < -0.39 is 0 Å². The van der Waals surface area contributed by atoms with Gasteiger partial charge < -0.3 is 0 Å². The van der Waals surface area contributed by atoms with Crippen molar-refractivity contribution in [2.45, 2.75) is 71.8 Å². The number of Topliss-reactive ketones (excluding diaryl/α,β-unsaturated/α-hetero) is 1. The molecule has 3 aromatic heterocycles. The van der Waals surface area contributed by atoms with Crippen LogP contribution in [0.25, 0.3) is 22.5 Å². The van der Waals surface area contributed by atoms with Crippen LogP contribution in [0, 0.1) is 11.8 Å². The van der Waals surface area contributed by atoms with Gasteiger partial charge in [-0.3, -0.25) is 9.78 Å². The maximum atomic E-state index is 13.0. The molecule has 1 N–H and O–H groups in total. The van der Waals surface area contributed by atoms with Crippen LogP contribution in [-0.2, 0) is 13.0 Å². The Kier molecular flexibility index (Phi) is 7.77. The monoisotopic (exact) mass is 498 g/mol. The summed E-state index contributed by atoms with van der Waals surface area (Å²) in [7, 11) is 0. The van der Waals surface area contributed by atoms with Crippen molar-refractivity contribution in [3.63, 3.8) is 0 Å². The zero-order valence-corrected chi connectivity index (χ0v) is 21.6. The fourth-order valence-electron chi connectivity index (χ4n) is 5.01. The van der Waals surface area contributed by atoms with Gasteiger partial charge in [-0.25, -0.2) is 9.67 Å². The predicted octanol–water partition coefficient (Wildman–Crippen LogP) is 5.31. The highest BCUT2D eigenvalue weighted by Gasteiger charge is 2.22. The molecule has 0 saturated heterocycles. The Balaban J connectivity index is 1.35. The lowest BCUT2D eigenvalue weighted by atomic mass is 9.86. The highest BCUT2D eigenvalue weighted by atomic mass is 16.1. The van der Waals surface area contributed by atoms with Crippen LogP contribution < -0.4 is 0 Å². The first-order valence-corrected chi connectivity index (χ1v) is 13.3. The van der Waals surface area contributed by atoms with E-state index in [1.54, 1.807) is 12.4 Å². The molecule has 1 aliphatic carbocycles. The standard InChI is InChI=1S/C28H34N8O/c1-19(2)13-15-36-26(30-28(33-36)25(37)16-20-6-4-3-5-7-20)17-21-8-10-22(11-9-21)23-12-14-29-18-24(23)27-31-34-35-32-27/h8-12,14,18-20H,3-7,13,15-17H2,1-2H3,(H,31,32,34,35). The van der Waals surface area contributed by atoms with Gasteiger partial charge in [-0.1, -0.05) is 70.2 Å². The molecule has 4 aromatic rings. The molecule has 1 fully saturated rings. The van der Waals surface area contributed by atoms with Crippen LogP contribution in [0.5, 0.6) is 0 Å². The zero-order chi connectivity index (χ0) is 25.6. The lowest BCUT2D eigenvalue weighted by Gasteiger charge is -2.19. The number of carbonyl (C=O) groups excluding carboxylic acids is 1. The van der Waals surface area contributed by atoms with E-state index in [1.807, 2.05) is 10.7 Å². The molecule has 5 rings (SSSR count). The largest absolute Gasteiger partial charge is 0.291 e. The topological polar surface area (TPSA) is 115 Å². The Hall–Kier alpha value is -3.75. The molecule has 0 aliphatic heterocycles. The fourth-order valence-corrected chi connectivity index (χ4v) is 5.01. The highest BCUT2D eigenvalue weighted by Crippen LogP contribution is 2.30. The first-order chi connectivity index (χ1) is 18.1. The van der Waals surface area contributed by atoms with E-state index >= 15 is 0 Å². The summed E-state index contributed by atoms with van der Waals surface area (Å²) in [6.07, 6.45) is 11.7. The number of nitrogens with one attached hydrogen (secondary N) is 1. The van der Waals surface area contributed by atoms with Crippen LogP contribution in [0.3, 0.4) is 0 Å². The minimum absolute atomic E-state index is 0.0819. The third-order valence-corrected chi connectivity index (χ3v) is 7.15. The van der Waals surface area contributed by atoms with Gasteiger partial charge in [-0.15, -0.1) is 15.3 Å². The molecular weight excluding hydrogens is 464 g/mol. The van der Waals surface area contributed by atoms with Gasteiger partial charge in [0.1, 0.15) is 5.82 Å². The van der Waals surface area contributed by atoms with E-state index in [0.29, 0.717) is 36.3 Å². The van der Waals surface area contributed by atoms with Gasteiger partial charge in [0, 0.05) is 37.3 Å². The molecule has 0 amide bonds. The number of pyridine rings is 1. The predicted molar refractivity (Wildman–Crippen MR) is 141 cm³/mol. The number of tetrazole rings is 1. The molecule has 37 heavy (non-hydrogen) atoms. The van der Waals surface area contributed by atoms with Crippen molar-refractivity contribution in [1.82, 2.24) is 40.4 Å². The fraction of sp³-hybridized carbons (Fsp3) is 0.464. The van der Waals surface area contributed by atoms with Gasteiger partial charge in [0.25, 0.3) is 0 Å². The molecule has 0 bridgehead atoms. The maximum absolute atomic E-state index is 13.0. The van der Waals surface area contributed by atoms with Crippen LogP contribution >= 0.6 is 0 Å². The summed E-state index contributed by atoms with van der Waals surface area (Å²) >= 11 is 0. The number of hydrogen-bond acceptors (Lipinski definition) is 7. The number of H-pyrrole nitrogens is 1. The Morgan fingerprint density at radius 2 is 1.89 bits per heavy atom. The number of hydrogen-bond donors (Lipinski definition) is 1. The van der Waals surface area contributed by atoms with Crippen molar-refractivity contribution in [2.75, 3.05) is 0 Å². The van der Waals surface area contributed by atoms with Crippen LogP contribution in [0.1, 0.15) is 80.8 Å². The van der Waals surface area contributed by atoms with Crippen molar-refractivity contribution in [1.29, 1.82) is 0 Å². The first-order valence-electron chi connectivity index (χ1n) is 13.3. The van der Waals surface area contributed by atoms with E-state index in [-0.39, 0.29) is 5.78 Å². The molecular formula is C28H34N8O. The maximum Gasteiger partial charge on any atom is 0.217 e. The average Bonchev–Trinajstić information content (AvgIpc) is 3.59. The Labute approximate surface area is 217 Å². The number of aromatic amines is 1. The van der Waals surface area contributed by atoms with Crippen LogP contribution in [0.15, 0.2) is 42.7 Å². The summed E-state index contributed by atoms with van der Waals surface area (Å²) in [5.41, 5.74) is 3.95. The van der Waals surface area contributed by atoms with Gasteiger partial charge in [0.2, 0.25) is 17.4 Å². The molecule has 0 spiro atoms.